The van der Waals surface area contributed by atoms with E-state index in [1.54, 1.807) is 6.92 Å². The minimum atomic E-state index is 0.140. The first-order valence-electron chi connectivity index (χ1n) is 4.81. The molecule has 76 valence electrons. The molecule has 0 aromatic carbocycles. The third-order valence-corrected chi connectivity index (χ3v) is 2.31. The van der Waals surface area contributed by atoms with Crippen LogP contribution in [0.2, 0.25) is 0 Å². The van der Waals surface area contributed by atoms with Gasteiger partial charge in [-0.25, -0.2) is 0 Å². The maximum absolute atomic E-state index is 11.1. The summed E-state index contributed by atoms with van der Waals surface area (Å²) < 4.78 is 5.51. The van der Waals surface area contributed by atoms with Crippen molar-refractivity contribution in [3.05, 3.63) is 0 Å². The summed E-state index contributed by atoms with van der Waals surface area (Å²) in [5.74, 6) is 0.140. The molecule has 0 aromatic heterocycles. The molecule has 0 saturated carbocycles. The van der Waals surface area contributed by atoms with Crippen molar-refractivity contribution in [2.24, 2.45) is 5.73 Å². The minimum Gasteiger partial charge on any atom is -0.375 e. The zero-order valence-corrected chi connectivity index (χ0v) is 8.16. The largest absolute Gasteiger partial charge is 0.375 e. The second kappa shape index (κ2) is 5.19. The standard InChI is InChI=1S/C9H18N2O2/c1-8(12)11-5-6-13-9(7-11)3-2-4-10/h9H,2-7,10H2,1H3/t9-/m1/s1. The molecule has 1 aliphatic heterocycles. The Balaban J connectivity index is 2.29. The van der Waals surface area contributed by atoms with E-state index in [0.29, 0.717) is 13.2 Å². The van der Waals surface area contributed by atoms with Gasteiger partial charge in [0.1, 0.15) is 0 Å². The predicted octanol–water partition coefficient (Wildman–Crippen LogP) is -0.0274. The summed E-state index contributed by atoms with van der Waals surface area (Å²) in [7, 11) is 0. The second-order valence-electron chi connectivity index (χ2n) is 3.39. The number of nitrogens with two attached hydrogens (primary N) is 1. The predicted molar refractivity (Wildman–Crippen MR) is 50.3 cm³/mol. The van der Waals surface area contributed by atoms with Gasteiger partial charge in [0.2, 0.25) is 5.91 Å². The van der Waals surface area contributed by atoms with Gasteiger partial charge in [-0.3, -0.25) is 4.79 Å². The molecule has 1 aliphatic rings. The van der Waals surface area contributed by atoms with Crippen LogP contribution >= 0.6 is 0 Å². The van der Waals surface area contributed by atoms with E-state index < -0.39 is 0 Å². The van der Waals surface area contributed by atoms with Crippen LogP contribution in [0.5, 0.6) is 0 Å². The summed E-state index contributed by atoms with van der Waals surface area (Å²) in [5.41, 5.74) is 5.40. The summed E-state index contributed by atoms with van der Waals surface area (Å²) in [6.45, 7) is 4.42. The molecule has 1 rings (SSSR count). The van der Waals surface area contributed by atoms with Crippen LogP contribution in [0, 0.1) is 0 Å². The Hall–Kier alpha value is -0.610. The summed E-state index contributed by atoms with van der Waals surface area (Å²) in [5, 5.41) is 0. The molecular weight excluding hydrogens is 168 g/mol. The lowest BCUT2D eigenvalue weighted by Crippen LogP contribution is -2.44. The van der Waals surface area contributed by atoms with Crippen molar-refractivity contribution in [2.45, 2.75) is 25.9 Å². The molecule has 1 saturated heterocycles. The number of carbonyl (C=O) groups is 1. The lowest BCUT2D eigenvalue weighted by molar-refractivity contribution is -0.136. The van der Waals surface area contributed by atoms with E-state index in [4.69, 9.17) is 10.5 Å². The topological polar surface area (TPSA) is 55.6 Å². The third kappa shape index (κ3) is 3.32. The van der Waals surface area contributed by atoms with Gasteiger partial charge in [-0.05, 0) is 19.4 Å². The molecule has 0 bridgehead atoms. The molecule has 0 aliphatic carbocycles. The first kappa shape index (κ1) is 10.5. The van der Waals surface area contributed by atoms with E-state index in [9.17, 15) is 4.79 Å². The van der Waals surface area contributed by atoms with E-state index in [0.717, 1.165) is 25.9 Å². The molecule has 1 fully saturated rings. The average Bonchev–Trinajstić information content (AvgIpc) is 2.15. The normalized spacial score (nSPS) is 23.2. The van der Waals surface area contributed by atoms with Crippen LogP contribution in [0.25, 0.3) is 0 Å². The Kier molecular flexibility index (Phi) is 4.18. The number of nitrogens with zero attached hydrogens (tertiary/aromatic N) is 1. The summed E-state index contributed by atoms with van der Waals surface area (Å²) >= 11 is 0. The Bertz CT molecular complexity index is 173. The SMILES string of the molecule is CC(=O)N1CCO[C@H](CCCN)C1. The lowest BCUT2D eigenvalue weighted by atomic mass is 10.1. The number of morpholine rings is 1. The molecule has 4 nitrogen and oxygen atoms in total. The maximum Gasteiger partial charge on any atom is 0.219 e. The quantitative estimate of drug-likeness (QED) is 0.673. The van der Waals surface area contributed by atoms with Gasteiger partial charge >= 0.3 is 0 Å². The van der Waals surface area contributed by atoms with E-state index >= 15 is 0 Å². The molecule has 4 heteroatoms. The molecule has 0 spiro atoms. The lowest BCUT2D eigenvalue weighted by Gasteiger charge is -2.32. The monoisotopic (exact) mass is 186 g/mol. The van der Waals surface area contributed by atoms with Gasteiger partial charge in [0.15, 0.2) is 0 Å². The van der Waals surface area contributed by atoms with Gasteiger partial charge < -0.3 is 15.4 Å². The number of hydrogen-bond donors (Lipinski definition) is 1. The van der Waals surface area contributed by atoms with E-state index in [1.807, 2.05) is 4.90 Å². The van der Waals surface area contributed by atoms with Crippen LogP contribution in [0.3, 0.4) is 0 Å². The molecule has 0 aromatic rings. The molecule has 1 heterocycles. The highest BCUT2D eigenvalue weighted by atomic mass is 16.5. The van der Waals surface area contributed by atoms with E-state index in [1.165, 1.54) is 0 Å². The maximum atomic E-state index is 11.1. The van der Waals surface area contributed by atoms with Crippen molar-refractivity contribution in [1.29, 1.82) is 0 Å². The third-order valence-electron chi connectivity index (χ3n) is 2.31. The highest BCUT2D eigenvalue weighted by Crippen LogP contribution is 2.09. The van der Waals surface area contributed by atoms with Crippen LogP contribution in [0.1, 0.15) is 19.8 Å². The smallest absolute Gasteiger partial charge is 0.219 e. The molecule has 1 atom stereocenters. The second-order valence-corrected chi connectivity index (χ2v) is 3.39. The highest BCUT2D eigenvalue weighted by Gasteiger charge is 2.21. The Morgan fingerprint density at radius 3 is 3.08 bits per heavy atom. The summed E-state index contributed by atoms with van der Waals surface area (Å²) in [6, 6.07) is 0. The van der Waals surface area contributed by atoms with E-state index in [2.05, 4.69) is 0 Å². The zero-order chi connectivity index (χ0) is 9.68. The number of amides is 1. The molecule has 13 heavy (non-hydrogen) atoms. The van der Waals surface area contributed by atoms with Crippen LogP contribution < -0.4 is 5.73 Å². The fraction of sp³-hybridized carbons (Fsp3) is 0.889. The van der Waals surface area contributed by atoms with Crippen molar-refractivity contribution >= 4 is 5.91 Å². The van der Waals surface area contributed by atoms with E-state index in [-0.39, 0.29) is 12.0 Å². The van der Waals surface area contributed by atoms with Gasteiger partial charge in [0.05, 0.1) is 12.7 Å². The zero-order valence-electron chi connectivity index (χ0n) is 8.16. The number of hydrogen-bond acceptors (Lipinski definition) is 3. The molecule has 0 unspecified atom stereocenters. The van der Waals surface area contributed by atoms with Gasteiger partial charge in [-0.2, -0.15) is 0 Å². The number of carbonyl (C=O) groups excluding carboxylic acids is 1. The first-order valence-corrected chi connectivity index (χ1v) is 4.81. The minimum absolute atomic E-state index is 0.140. The Morgan fingerprint density at radius 1 is 1.69 bits per heavy atom. The number of rotatable bonds is 3. The van der Waals surface area contributed by atoms with Crippen molar-refractivity contribution < 1.29 is 9.53 Å². The van der Waals surface area contributed by atoms with Gasteiger partial charge in [-0.1, -0.05) is 0 Å². The first-order chi connectivity index (χ1) is 6.24. The highest BCUT2D eigenvalue weighted by molar-refractivity contribution is 5.73. The Morgan fingerprint density at radius 2 is 2.46 bits per heavy atom. The Labute approximate surface area is 79.0 Å². The molecule has 0 radical (unpaired) electrons. The van der Waals surface area contributed by atoms with Gasteiger partial charge in [0.25, 0.3) is 0 Å². The van der Waals surface area contributed by atoms with Crippen molar-refractivity contribution in [2.75, 3.05) is 26.2 Å². The van der Waals surface area contributed by atoms with Crippen molar-refractivity contribution in [3.8, 4) is 0 Å². The fourth-order valence-corrected chi connectivity index (χ4v) is 1.53. The number of ether oxygens (including phenoxy) is 1. The van der Waals surface area contributed by atoms with Crippen LogP contribution in [-0.4, -0.2) is 43.2 Å². The summed E-state index contributed by atoms with van der Waals surface area (Å²) in [6.07, 6.45) is 2.12. The molecular formula is C9H18N2O2. The van der Waals surface area contributed by atoms with Gasteiger partial charge in [0, 0.05) is 20.0 Å². The molecule has 1 amide bonds. The van der Waals surface area contributed by atoms with Crippen molar-refractivity contribution in [3.63, 3.8) is 0 Å². The summed E-state index contributed by atoms with van der Waals surface area (Å²) in [4.78, 5) is 12.9. The van der Waals surface area contributed by atoms with Crippen LogP contribution in [0.4, 0.5) is 0 Å². The van der Waals surface area contributed by atoms with Crippen molar-refractivity contribution in [1.82, 2.24) is 4.90 Å². The average molecular weight is 186 g/mol. The van der Waals surface area contributed by atoms with Crippen LogP contribution in [-0.2, 0) is 9.53 Å². The van der Waals surface area contributed by atoms with Gasteiger partial charge in [-0.15, -0.1) is 0 Å². The van der Waals surface area contributed by atoms with Crippen LogP contribution in [0.15, 0.2) is 0 Å². The fourth-order valence-electron chi connectivity index (χ4n) is 1.53. The molecule has 2 N–H and O–H groups in total.